The summed E-state index contributed by atoms with van der Waals surface area (Å²) in [7, 11) is 3.10. The zero-order chi connectivity index (χ0) is 28.1. The van der Waals surface area contributed by atoms with Crippen molar-refractivity contribution in [2.75, 3.05) is 20.8 Å². The molecule has 37 heavy (non-hydrogen) atoms. The van der Waals surface area contributed by atoms with Crippen molar-refractivity contribution in [3.8, 4) is 11.5 Å². The number of carbonyl (C=O) groups is 4. The number of rotatable bonds is 8. The van der Waals surface area contributed by atoms with E-state index in [-0.39, 0.29) is 25.1 Å². The Balaban J connectivity index is 0.000000627. The number of hydrogen-bond acceptors (Lipinski definition) is 7. The summed E-state index contributed by atoms with van der Waals surface area (Å²) in [5.74, 6) is 1.04. The standard InChI is InChI=1S/C14H14O5S.C9H16.C3H7NO.CH2O2/c1-18-10-5-8-6-13(9(15)3-4-14(16)17)20-12(8)7-11(10)19-2;1-9-7-5-3-2-4-6-8-9;1-2-4-3-5;2-1-3/h5-7H,3-4H2,1-2H3,(H,16,17);2-3,9H,4-8H2,1H3;3H,2H2,1H3,(H,4,5);1H,(H,2,3)/b;3-2+;;. The first-order valence-electron chi connectivity index (χ1n) is 12.1. The molecule has 1 aromatic carbocycles. The first kappa shape index (κ1) is 33.6. The van der Waals surface area contributed by atoms with Crippen molar-refractivity contribution in [2.45, 2.75) is 58.8 Å². The lowest BCUT2D eigenvalue weighted by atomic mass is 9.96. The van der Waals surface area contributed by atoms with Gasteiger partial charge in [-0.05, 0) is 56.0 Å². The molecular formula is C27H39NO8S. The second-order valence-electron chi connectivity index (χ2n) is 8.04. The number of allylic oxidation sites excluding steroid dienone is 2. The first-order valence-corrected chi connectivity index (χ1v) is 12.9. The van der Waals surface area contributed by atoms with Crippen molar-refractivity contribution >= 4 is 46.1 Å². The second-order valence-corrected chi connectivity index (χ2v) is 9.12. The van der Waals surface area contributed by atoms with E-state index in [9.17, 15) is 14.4 Å². The van der Waals surface area contributed by atoms with Gasteiger partial charge in [0.1, 0.15) is 0 Å². The fourth-order valence-electron chi connectivity index (χ4n) is 3.28. The molecule has 9 nitrogen and oxygen atoms in total. The summed E-state index contributed by atoms with van der Waals surface area (Å²) >= 11 is 1.33. The molecule has 1 atom stereocenters. The number of amides is 1. The molecule has 1 unspecified atom stereocenters. The Kier molecular flexibility index (Phi) is 18.9. The zero-order valence-corrected chi connectivity index (χ0v) is 22.8. The fourth-order valence-corrected chi connectivity index (χ4v) is 4.32. The highest BCUT2D eigenvalue weighted by Gasteiger charge is 2.14. The fraction of sp³-hybridized carbons (Fsp3) is 0.481. The molecule has 0 bridgehead atoms. The van der Waals surface area contributed by atoms with Gasteiger partial charge in [-0.25, -0.2) is 0 Å². The molecule has 0 radical (unpaired) electrons. The van der Waals surface area contributed by atoms with Gasteiger partial charge in [0, 0.05) is 23.7 Å². The molecule has 3 N–H and O–H groups in total. The topological polar surface area (TPSA) is 139 Å². The summed E-state index contributed by atoms with van der Waals surface area (Å²) in [6.07, 6.45) is 12.0. The largest absolute Gasteiger partial charge is 0.493 e. The molecule has 1 aromatic heterocycles. The molecule has 1 aliphatic carbocycles. The van der Waals surface area contributed by atoms with Crippen LogP contribution in [0.2, 0.25) is 0 Å². The number of carboxylic acids is 1. The Bertz CT molecular complexity index is 945. The quantitative estimate of drug-likeness (QED) is 0.226. The van der Waals surface area contributed by atoms with Crippen LogP contribution in [0.4, 0.5) is 0 Å². The van der Waals surface area contributed by atoms with Gasteiger partial charge in [-0.2, -0.15) is 0 Å². The molecule has 1 heterocycles. The Morgan fingerprint density at radius 3 is 2.22 bits per heavy atom. The summed E-state index contributed by atoms with van der Waals surface area (Å²) in [6.45, 7) is 4.71. The molecular weight excluding hydrogens is 498 g/mol. The van der Waals surface area contributed by atoms with Crippen molar-refractivity contribution in [3.63, 3.8) is 0 Å². The van der Waals surface area contributed by atoms with E-state index in [4.69, 9.17) is 24.5 Å². The van der Waals surface area contributed by atoms with Crippen LogP contribution in [0.1, 0.15) is 68.5 Å². The summed E-state index contributed by atoms with van der Waals surface area (Å²) in [5.41, 5.74) is 0. The van der Waals surface area contributed by atoms with Crippen LogP contribution in [0.25, 0.3) is 10.1 Å². The third-order valence-electron chi connectivity index (χ3n) is 5.21. The Hall–Kier alpha value is -3.40. The Labute approximate surface area is 222 Å². The van der Waals surface area contributed by atoms with Gasteiger partial charge in [0.15, 0.2) is 17.3 Å². The normalized spacial score (nSPS) is 14.9. The summed E-state index contributed by atoms with van der Waals surface area (Å²) < 4.78 is 11.3. The molecule has 2 aromatic rings. The van der Waals surface area contributed by atoms with Crippen LogP contribution < -0.4 is 14.8 Å². The number of carboxylic acid groups (broad SMARTS) is 2. The number of fused-ring (bicyclic) bond motifs is 1. The predicted molar refractivity (Wildman–Crippen MR) is 146 cm³/mol. The predicted octanol–water partition coefficient (Wildman–Crippen LogP) is 5.56. The molecule has 0 aliphatic heterocycles. The van der Waals surface area contributed by atoms with Gasteiger partial charge in [0.05, 0.1) is 25.5 Å². The van der Waals surface area contributed by atoms with Gasteiger partial charge >= 0.3 is 5.97 Å². The average Bonchev–Trinajstić information content (AvgIpc) is 3.29. The monoisotopic (exact) mass is 537 g/mol. The van der Waals surface area contributed by atoms with Gasteiger partial charge in [-0.3, -0.25) is 19.2 Å². The lowest BCUT2D eigenvalue weighted by molar-refractivity contribution is -0.137. The maximum Gasteiger partial charge on any atom is 0.303 e. The molecule has 206 valence electrons. The number of benzene rings is 1. The van der Waals surface area contributed by atoms with E-state index in [0.29, 0.717) is 22.8 Å². The van der Waals surface area contributed by atoms with Gasteiger partial charge in [-0.1, -0.05) is 25.5 Å². The minimum atomic E-state index is -0.970. The third-order valence-corrected chi connectivity index (χ3v) is 6.35. The second kappa shape index (κ2) is 20.8. The molecule has 1 amide bonds. The minimum absolute atomic E-state index is 0.0103. The average molecular weight is 538 g/mol. The highest BCUT2D eigenvalue weighted by molar-refractivity contribution is 7.20. The van der Waals surface area contributed by atoms with Gasteiger partial charge in [0.25, 0.3) is 6.47 Å². The van der Waals surface area contributed by atoms with E-state index in [2.05, 4.69) is 24.4 Å². The summed E-state index contributed by atoms with van der Waals surface area (Å²) in [5, 5.41) is 18.8. The molecule has 0 spiro atoms. The van der Waals surface area contributed by atoms with Crippen molar-refractivity contribution in [1.29, 1.82) is 0 Å². The lowest BCUT2D eigenvalue weighted by Crippen LogP contribution is -2.07. The van der Waals surface area contributed by atoms with Crippen LogP contribution >= 0.6 is 11.3 Å². The minimum Gasteiger partial charge on any atom is -0.493 e. The number of Topliss-reactive ketones (excluding diaryl/α,β-unsaturated/α-hetero) is 1. The van der Waals surface area contributed by atoms with Crippen LogP contribution in [0.5, 0.6) is 11.5 Å². The lowest BCUT2D eigenvalue weighted by Gasteiger charge is -2.10. The number of methoxy groups -OCH3 is 2. The number of thiophene rings is 1. The summed E-state index contributed by atoms with van der Waals surface area (Å²) in [4.78, 5) is 40.6. The van der Waals surface area contributed by atoms with E-state index < -0.39 is 5.97 Å². The van der Waals surface area contributed by atoms with Gasteiger partial charge < -0.3 is 25.0 Å². The van der Waals surface area contributed by atoms with E-state index in [1.807, 2.05) is 13.0 Å². The maximum atomic E-state index is 11.9. The SMILES string of the molecule is CC1CC/C=C/CCC1.CCNC=O.COc1cc2cc(C(=O)CCC(=O)O)sc2cc1OC.O=CO. The zero-order valence-electron chi connectivity index (χ0n) is 22.0. The van der Waals surface area contributed by atoms with Crippen LogP contribution in [0.15, 0.2) is 30.4 Å². The molecule has 3 rings (SSSR count). The van der Waals surface area contributed by atoms with Gasteiger partial charge in [-0.15, -0.1) is 11.3 Å². The Morgan fingerprint density at radius 2 is 1.68 bits per heavy atom. The van der Waals surface area contributed by atoms with Crippen molar-refractivity contribution in [2.24, 2.45) is 5.92 Å². The third kappa shape index (κ3) is 14.7. The summed E-state index contributed by atoms with van der Waals surface area (Å²) in [6, 6.07) is 5.37. The number of aliphatic carboxylic acids is 1. The molecule has 0 saturated heterocycles. The highest BCUT2D eigenvalue weighted by Crippen LogP contribution is 2.36. The number of carbonyl (C=O) groups excluding carboxylic acids is 2. The van der Waals surface area contributed by atoms with E-state index in [1.54, 1.807) is 26.4 Å². The van der Waals surface area contributed by atoms with Crippen LogP contribution in [0.3, 0.4) is 0 Å². The van der Waals surface area contributed by atoms with Gasteiger partial charge in [0.2, 0.25) is 6.41 Å². The molecule has 0 fully saturated rings. The van der Waals surface area contributed by atoms with Crippen LogP contribution in [-0.4, -0.2) is 55.6 Å². The van der Waals surface area contributed by atoms with E-state index in [1.165, 1.54) is 43.4 Å². The van der Waals surface area contributed by atoms with Crippen molar-refractivity contribution < 1.29 is 38.9 Å². The molecule has 10 heteroatoms. The number of nitrogens with one attached hydrogen (secondary N) is 1. The smallest absolute Gasteiger partial charge is 0.303 e. The van der Waals surface area contributed by atoms with Crippen molar-refractivity contribution in [1.82, 2.24) is 5.32 Å². The van der Waals surface area contributed by atoms with E-state index in [0.717, 1.165) is 22.5 Å². The van der Waals surface area contributed by atoms with E-state index >= 15 is 0 Å². The van der Waals surface area contributed by atoms with Crippen LogP contribution in [-0.2, 0) is 14.4 Å². The van der Waals surface area contributed by atoms with Crippen LogP contribution in [0, 0.1) is 5.92 Å². The maximum absolute atomic E-state index is 11.9. The number of ether oxygens (including phenoxy) is 2. The molecule has 0 saturated carbocycles. The number of ketones is 1. The highest BCUT2D eigenvalue weighted by atomic mass is 32.1. The Morgan fingerprint density at radius 1 is 1.05 bits per heavy atom. The van der Waals surface area contributed by atoms with Crippen molar-refractivity contribution in [3.05, 3.63) is 35.2 Å². The molecule has 1 aliphatic rings. The number of hydrogen-bond donors (Lipinski definition) is 3. The first-order chi connectivity index (χ1) is 17.8.